The van der Waals surface area contributed by atoms with Gasteiger partial charge in [0.1, 0.15) is 0 Å². The molecule has 0 aliphatic carbocycles. The van der Waals surface area contributed by atoms with Gasteiger partial charge < -0.3 is 10.8 Å². The summed E-state index contributed by atoms with van der Waals surface area (Å²) in [6.07, 6.45) is -0.532. The van der Waals surface area contributed by atoms with Gasteiger partial charge in [-0.1, -0.05) is 36.0 Å². The van der Waals surface area contributed by atoms with Crippen LogP contribution in [-0.2, 0) is 0 Å². The van der Waals surface area contributed by atoms with Crippen molar-refractivity contribution in [3.05, 3.63) is 54.1 Å². The van der Waals surface area contributed by atoms with E-state index in [2.05, 4.69) is 11.1 Å². The number of nitrogens with two attached hydrogens (primary N) is 1. The highest BCUT2D eigenvalue weighted by Crippen LogP contribution is 2.31. The smallest absolute Gasteiger partial charge is 0.151 e. The number of hydrogen-bond acceptors (Lipinski definition) is 5. The van der Waals surface area contributed by atoms with E-state index in [9.17, 15) is 5.11 Å². The number of aromatic nitrogens is 1. The molecule has 0 spiro atoms. The molecule has 1 aromatic heterocycles. The van der Waals surface area contributed by atoms with Crippen LogP contribution in [0.1, 0.15) is 11.7 Å². The van der Waals surface area contributed by atoms with Gasteiger partial charge in [-0.05, 0) is 29.8 Å². The minimum absolute atomic E-state index is 0.532. The molecule has 2 aromatic carbocycles. The number of benzene rings is 2. The normalized spacial score (nSPS) is 12.7. The van der Waals surface area contributed by atoms with Crippen molar-refractivity contribution in [3.63, 3.8) is 0 Å². The highest BCUT2D eigenvalue weighted by Gasteiger charge is 2.10. The number of thiazole rings is 1. The van der Waals surface area contributed by atoms with Crippen LogP contribution in [0.3, 0.4) is 0 Å². The fourth-order valence-electron chi connectivity index (χ4n) is 1.93. The summed E-state index contributed by atoms with van der Waals surface area (Å²) < 4.78 is 2.16. The summed E-state index contributed by atoms with van der Waals surface area (Å²) in [6, 6.07) is 15.4. The molecule has 0 saturated heterocycles. The van der Waals surface area contributed by atoms with Gasteiger partial charge in [0.05, 0.1) is 16.3 Å². The summed E-state index contributed by atoms with van der Waals surface area (Å²) in [7, 11) is 0. The average Bonchev–Trinajstić information content (AvgIpc) is 2.87. The lowest BCUT2D eigenvalue weighted by molar-refractivity contribution is 0.204. The lowest BCUT2D eigenvalue weighted by Gasteiger charge is -2.09. The number of aliphatic hydroxyl groups excluding tert-OH is 1. The van der Waals surface area contributed by atoms with E-state index in [0.717, 1.165) is 15.4 Å². The molecule has 1 unspecified atom stereocenters. The maximum atomic E-state index is 10.2. The molecular formula is C15H14N2OS2. The summed E-state index contributed by atoms with van der Waals surface area (Å²) in [5, 5.41) is 10.2. The second kappa shape index (κ2) is 5.83. The number of para-hydroxylation sites is 1. The first kappa shape index (κ1) is 13.4. The van der Waals surface area contributed by atoms with Crippen LogP contribution in [0.4, 0.5) is 5.69 Å². The Kier molecular flexibility index (Phi) is 3.91. The van der Waals surface area contributed by atoms with Crippen LogP contribution >= 0.6 is 23.1 Å². The Morgan fingerprint density at radius 1 is 1.20 bits per heavy atom. The molecule has 3 N–H and O–H groups in total. The third-order valence-electron chi connectivity index (χ3n) is 2.93. The number of nitrogen functional groups attached to an aromatic ring is 1. The van der Waals surface area contributed by atoms with E-state index >= 15 is 0 Å². The molecule has 0 radical (unpaired) electrons. The van der Waals surface area contributed by atoms with Crippen LogP contribution in [0.2, 0.25) is 0 Å². The SMILES string of the molecule is Nc1cccc(C(O)CSc2nc3ccccc3s2)c1. The summed E-state index contributed by atoms with van der Waals surface area (Å²) in [5.41, 5.74) is 8.26. The molecular weight excluding hydrogens is 288 g/mol. The summed E-state index contributed by atoms with van der Waals surface area (Å²) >= 11 is 3.23. The third kappa shape index (κ3) is 2.95. The predicted octanol–water partition coefficient (Wildman–Crippen LogP) is 3.70. The molecule has 0 amide bonds. The number of rotatable bonds is 4. The Morgan fingerprint density at radius 2 is 2.05 bits per heavy atom. The predicted molar refractivity (Wildman–Crippen MR) is 86.2 cm³/mol. The molecule has 3 rings (SSSR count). The minimum Gasteiger partial charge on any atom is -0.399 e. The fraction of sp³-hybridized carbons (Fsp3) is 0.133. The van der Waals surface area contributed by atoms with Crippen molar-refractivity contribution in [2.45, 2.75) is 10.4 Å². The topological polar surface area (TPSA) is 59.1 Å². The Labute approximate surface area is 125 Å². The van der Waals surface area contributed by atoms with Gasteiger partial charge in [-0.2, -0.15) is 0 Å². The molecule has 5 heteroatoms. The average molecular weight is 302 g/mol. The van der Waals surface area contributed by atoms with Gasteiger partial charge in [0.15, 0.2) is 4.34 Å². The first-order chi connectivity index (χ1) is 9.72. The maximum Gasteiger partial charge on any atom is 0.151 e. The quantitative estimate of drug-likeness (QED) is 0.570. The van der Waals surface area contributed by atoms with E-state index in [1.807, 2.05) is 42.5 Å². The Morgan fingerprint density at radius 3 is 2.85 bits per heavy atom. The van der Waals surface area contributed by atoms with Gasteiger partial charge in [0.2, 0.25) is 0 Å². The summed E-state index contributed by atoms with van der Waals surface area (Å²) in [6.45, 7) is 0. The van der Waals surface area contributed by atoms with Crippen LogP contribution < -0.4 is 5.73 Å². The first-order valence-electron chi connectivity index (χ1n) is 6.24. The van der Waals surface area contributed by atoms with Gasteiger partial charge in [-0.15, -0.1) is 11.3 Å². The molecule has 3 nitrogen and oxygen atoms in total. The van der Waals surface area contributed by atoms with E-state index in [4.69, 9.17) is 5.73 Å². The first-order valence-corrected chi connectivity index (χ1v) is 8.04. The van der Waals surface area contributed by atoms with E-state index in [1.54, 1.807) is 23.1 Å². The molecule has 0 aliphatic rings. The van der Waals surface area contributed by atoms with Crippen LogP contribution in [0, 0.1) is 0 Å². The van der Waals surface area contributed by atoms with E-state index < -0.39 is 6.10 Å². The molecule has 1 atom stereocenters. The number of hydrogen-bond donors (Lipinski definition) is 2. The molecule has 0 saturated carbocycles. The molecule has 0 aliphatic heterocycles. The second-order valence-corrected chi connectivity index (χ2v) is 6.74. The highest BCUT2D eigenvalue weighted by atomic mass is 32.2. The molecule has 102 valence electrons. The number of nitrogens with zero attached hydrogens (tertiary/aromatic N) is 1. The number of thioether (sulfide) groups is 1. The summed E-state index contributed by atoms with van der Waals surface area (Å²) in [5.74, 6) is 0.573. The van der Waals surface area contributed by atoms with Crippen molar-refractivity contribution < 1.29 is 5.11 Å². The van der Waals surface area contributed by atoms with E-state index in [0.29, 0.717) is 11.4 Å². The largest absolute Gasteiger partial charge is 0.399 e. The second-order valence-electron chi connectivity index (χ2n) is 4.44. The van der Waals surface area contributed by atoms with Crippen LogP contribution in [0.25, 0.3) is 10.2 Å². The van der Waals surface area contributed by atoms with Gasteiger partial charge in [0.25, 0.3) is 0 Å². The third-order valence-corrected chi connectivity index (χ3v) is 5.19. The lowest BCUT2D eigenvalue weighted by Crippen LogP contribution is -2.01. The van der Waals surface area contributed by atoms with E-state index in [1.165, 1.54) is 4.70 Å². The molecule has 20 heavy (non-hydrogen) atoms. The van der Waals surface area contributed by atoms with Crippen molar-refractivity contribution in [1.82, 2.24) is 4.98 Å². The van der Waals surface area contributed by atoms with Gasteiger partial charge in [-0.25, -0.2) is 4.98 Å². The lowest BCUT2D eigenvalue weighted by atomic mass is 10.1. The van der Waals surface area contributed by atoms with Crippen molar-refractivity contribution in [3.8, 4) is 0 Å². The van der Waals surface area contributed by atoms with Gasteiger partial charge >= 0.3 is 0 Å². The van der Waals surface area contributed by atoms with Crippen LogP contribution in [0.15, 0.2) is 52.9 Å². The zero-order chi connectivity index (χ0) is 13.9. The zero-order valence-electron chi connectivity index (χ0n) is 10.7. The summed E-state index contributed by atoms with van der Waals surface area (Å²) in [4.78, 5) is 4.54. The Hall–Kier alpha value is -1.56. The highest BCUT2D eigenvalue weighted by molar-refractivity contribution is 8.01. The van der Waals surface area contributed by atoms with Crippen molar-refractivity contribution >= 4 is 39.0 Å². The molecule has 1 heterocycles. The molecule has 3 aromatic rings. The van der Waals surface area contributed by atoms with Gasteiger partial charge in [0, 0.05) is 11.4 Å². The Balaban J connectivity index is 1.69. The van der Waals surface area contributed by atoms with Crippen molar-refractivity contribution in [1.29, 1.82) is 0 Å². The maximum absolute atomic E-state index is 10.2. The van der Waals surface area contributed by atoms with Crippen LogP contribution in [-0.4, -0.2) is 15.8 Å². The number of aliphatic hydroxyl groups is 1. The number of anilines is 1. The number of fused-ring (bicyclic) bond motifs is 1. The van der Waals surface area contributed by atoms with Gasteiger partial charge in [-0.3, -0.25) is 0 Å². The van der Waals surface area contributed by atoms with Crippen molar-refractivity contribution in [2.75, 3.05) is 11.5 Å². The van der Waals surface area contributed by atoms with Crippen molar-refractivity contribution in [2.24, 2.45) is 0 Å². The molecule has 0 fully saturated rings. The fourth-order valence-corrected chi connectivity index (χ4v) is 3.99. The van der Waals surface area contributed by atoms with E-state index in [-0.39, 0.29) is 0 Å². The standard InChI is InChI=1S/C15H14N2OS2/c16-11-5-3-4-10(8-11)13(18)9-19-15-17-12-6-1-2-7-14(12)20-15/h1-8,13,18H,9,16H2. The zero-order valence-corrected chi connectivity index (χ0v) is 12.3. The van der Waals surface area contributed by atoms with Crippen LogP contribution in [0.5, 0.6) is 0 Å². The minimum atomic E-state index is -0.532. The monoisotopic (exact) mass is 302 g/mol. The molecule has 0 bridgehead atoms. The Bertz CT molecular complexity index is 693.